The van der Waals surface area contributed by atoms with Crippen molar-refractivity contribution < 1.29 is 27.5 Å². The number of thiazole rings is 1. The number of rotatable bonds is 5. The summed E-state index contributed by atoms with van der Waals surface area (Å²) < 4.78 is 43.6. The van der Waals surface area contributed by atoms with Gasteiger partial charge in [0.05, 0.1) is 21.3 Å². The summed E-state index contributed by atoms with van der Waals surface area (Å²) in [7, 11) is 0. The van der Waals surface area contributed by atoms with Gasteiger partial charge in [0.1, 0.15) is 23.9 Å². The van der Waals surface area contributed by atoms with Crippen LogP contribution in [0.1, 0.15) is 10.7 Å². The first-order valence-corrected chi connectivity index (χ1v) is 10.9. The molecule has 1 saturated heterocycles. The first kappa shape index (κ1) is 23.4. The maximum atomic E-state index is 12.6. The predicted octanol–water partition coefficient (Wildman–Crippen LogP) is 4.84. The zero-order chi connectivity index (χ0) is 24.5. The summed E-state index contributed by atoms with van der Waals surface area (Å²) >= 11 is 1.51. The minimum absolute atomic E-state index is 0.132. The van der Waals surface area contributed by atoms with E-state index in [0.29, 0.717) is 32.7 Å². The highest BCUT2D eigenvalue weighted by molar-refractivity contribution is 7.15. The monoisotopic (exact) mass is 492 g/mol. The van der Waals surface area contributed by atoms with E-state index < -0.39 is 24.8 Å². The van der Waals surface area contributed by atoms with Crippen molar-refractivity contribution >= 4 is 29.2 Å². The minimum Gasteiger partial charge on any atom is -0.455 e. The van der Waals surface area contributed by atoms with Gasteiger partial charge >= 0.3 is 18.2 Å². The summed E-state index contributed by atoms with van der Waals surface area (Å²) in [4.78, 5) is 39.5. The van der Waals surface area contributed by atoms with Crippen LogP contribution in [0.3, 0.4) is 0 Å². The van der Waals surface area contributed by atoms with Gasteiger partial charge in [-0.2, -0.15) is 13.2 Å². The van der Waals surface area contributed by atoms with Crippen molar-refractivity contribution in [2.75, 3.05) is 25.0 Å². The van der Waals surface area contributed by atoms with Crippen molar-refractivity contribution in [3.8, 4) is 22.1 Å². The Hall–Kier alpha value is -3.74. The molecule has 0 atom stereocenters. The molecule has 0 unspecified atom stereocenters. The van der Waals surface area contributed by atoms with Crippen LogP contribution in [0.4, 0.5) is 28.6 Å². The van der Waals surface area contributed by atoms with Crippen LogP contribution in [0.15, 0.2) is 36.7 Å². The number of hydrogen-bond acceptors (Lipinski definition) is 7. The number of carbonyl (C=O) groups is 2. The number of imide groups is 1. The topological polar surface area (TPSA) is 101 Å². The number of hydrogen-bond donors (Lipinski definition) is 1. The van der Waals surface area contributed by atoms with Crippen LogP contribution < -0.4 is 10.1 Å². The molecular weight excluding hydrogens is 473 g/mol. The number of ether oxygens (including phenoxy) is 1. The molecule has 1 aliphatic rings. The van der Waals surface area contributed by atoms with E-state index in [4.69, 9.17) is 4.74 Å². The fraction of sp³-hybridized carbons (Fsp3) is 0.286. The number of aromatic nitrogens is 3. The van der Waals surface area contributed by atoms with Crippen molar-refractivity contribution in [2.24, 2.45) is 0 Å². The number of pyridine rings is 2. The summed E-state index contributed by atoms with van der Waals surface area (Å²) in [6, 6.07) is 4.68. The van der Waals surface area contributed by atoms with E-state index >= 15 is 0 Å². The molecule has 0 spiro atoms. The number of alkyl halides is 3. The quantitative estimate of drug-likeness (QED) is 0.547. The third kappa shape index (κ3) is 5.42. The fourth-order valence-electron chi connectivity index (χ4n) is 3.25. The normalized spacial score (nSPS) is 14.0. The Morgan fingerprint density at radius 3 is 2.68 bits per heavy atom. The van der Waals surface area contributed by atoms with Gasteiger partial charge in [-0.05, 0) is 32.0 Å². The zero-order valence-electron chi connectivity index (χ0n) is 18.1. The molecule has 4 amide bonds. The predicted molar refractivity (Wildman–Crippen MR) is 118 cm³/mol. The molecule has 4 rings (SSSR count). The number of carbonyl (C=O) groups excluding carboxylic acids is 2. The Balaban J connectivity index is 1.41. The smallest absolute Gasteiger partial charge is 0.406 e. The molecule has 1 fully saturated rings. The van der Waals surface area contributed by atoms with Crippen molar-refractivity contribution in [3.05, 3.63) is 47.4 Å². The number of nitrogens with zero attached hydrogens (tertiary/aromatic N) is 5. The van der Waals surface area contributed by atoms with Crippen LogP contribution in [-0.4, -0.2) is 62.6 Å². The number of amides is 4. The van der Waals surface area contributed by atoms with Crippen LogP contribution in [0.5, 0.6) is 11.5 Å². The molecule has 34 heavy (non-hydrogen) atoms. The molecule has 9 nitrogen and oxygen atoms in total. The Kier molecular flexibility index (Phi) is 6.37. The number of nitrogens with one attached hydrogen (secondary N) is 1. The number of halogens is 3. The lowest BCUT2D eigenvalue weighted by Gasteiger charge is -2.19. The molecule has 1 N–H and O–H groups in total. The second kappa shape index (κ2) is 9.25. The van der Waals surface area contributed by atoms with Gasteiger partial charge in [-0.3, -0.25) is 10.3 Å². The molecule has 0 radical (unpaired) electrons. The average molecular weight is 492 g/mol. The second-order valence-corrected chi connectivity index (χ2v) is 8.64. The molecule has 0 aromatic carbocycles. The summed E-state index contributed by atoms with van der Waals surface area (Å²) in [6.07, 6.45) is -1.18. The molecular formula is C21H19F3N6O3S. The summed E-state index contributed by atoms with van der Waals surface area (Å²) in [5.74, 6) is 1.10. The maximum absolute atomic E-state index is 12.6. The first-order chi connectivity index (χ1) is 16.1. The molecule has 0 bridgehead atoms. The largest absolute Gasteiger partial charge is 0.455 e. The third-order valence-electron chi connectivity index (χ3n) is 4.82. The molecule has 3 aromatic heterocycles. The average Bonchev–Trinajstić information content (AvgIpc) is 3.35. The molecule has 178 valence electrons. The first-order valence-electron chi connectivity index (χ1n) is 10.1. The Morgan fingerprint density at radius 1 is 1.21 bits per heavy atom. The molecule has 13 heteroatoms. The highest BCUT2D eigenvalue weighted by atomic mass is 32.1. The van der Waals surface area contributed by atoms with E-state index in [9.17, 15) is 22.8 Å². The molecule has 3 aromatic rings. The van der Waals surface area contributed by atoms with Gasteiger partial charge < -0.3 is 9.64 Å². The van der Waals surface area contributed by atoms with Crippen LogP contribution in [-0.2, 0) is 0 Å². The second-order valence-electron chi connectivity index (χ2n) is 7.40. The van der Waals surface area contributed by atoms with Crippen LogP contribution in [0.2, 0.25) is 0 Å². The van der Waals surface area contributed by atoms with Crippen molar-refractivity contribution in [1.29, 1.82) is 0 Å². The Morgan fingerprint density at radius 2 is 2.00 bits per heavy atom. The fourth-order valence-corrected chi connectivity index (χ4v) is 4.00. The van der Waals surface area contributed by atoms with Crippen molar-refractivity contribution in [2.45, 2.75) is 20.0 Å². The third-order valence-corrected chi connectivity index (χ3v) is 5.75. The lowest BCUT2D eigenvalue weighted by molar-refractivity contribution is -0.138. The van der Waals surface area contributed by atoms with Gasteiger partial charge in [0.15, 0.2) is 0 Å². The van der Waals surface area contributed by atoms with E-state index in [1.807, 2.05) is 6.92 Å². The standard InChI is InChI=1S/C21H19F3N6O3S/c1-12-16(33-14-5-6-25-15(9-14)17-10-26-13(2)34-17)3-4-18(27-12)28-19(31)30-8-7-29(20(30)32)11-21(22,23)24/h3-6,9-10H,7-8,11H2,1-2H3,(H,27,28,31). The highest BCUT2D eigenvalue weighted by Crippen LogP contribution is 2.30. The SMILES string of the molecule is Cc1ncc(-c2cc(Oc3ccc(NC(=O)N4CCN(CC(F)(F)F)C4=O)nc3C)ccn2)s1. The van der Waals surface area contributed by atoms with E-state index in [0.717, 1.165) is 9.88 Å². The molecule has 0 saturated carbocycles. The minimum atomic E-state index is -4.54. The van der Waals surface area contributed by atoms with Crippen LogP contribution >= 0.6 is 11.3 Å². The van der Waals surface area contributed by atoms with E-state index in [1.54, 1.807) is 37.5 Å². The van der Waals surface area contributed by atoms with Gasteiger partial charge in [-0.25, -0.2) is 24.5 Å². The van der Waals surface area contributed by atoms with Crippen molar-refractivity contribution in [3.63, 3.8) is 0 Å². The van der Waals surface area contributed by atoms with Gasteiger partial charge in [0.2, 0.25) is 0 Å². The Labute approximate surface area is 196 Å². The summed E-state index contributed by atoms with van der Waals surface area (Å²) in [5.41, 5.74) is 1.17. The van der Waals surface area contributed by atoms with Crippen LogP contribution in [0.25, 0.3) is 10.6 Å². The van der Waals surface area contributed by atoms with Gasteiger partial charge in [0, 0.05) is 31.5 Å². The lowest BCUT2D eigenvalue weighted by atomic mass is 10.3. The number of anilines is 1. The zero-order valence-corrected chi connectivity index (χ0v) is 18.9. The van der Waals surface area contributed by atoms with Gasteiger partial charge in [-0.15, -0.1) is 11.3 Å². The summed E-state index contributed by atoms with van der Waals surface area (Å²) in [5, 5.41) is 3.36. The number of aryl methyl sites for hydroxylation is 2. The Bertz CT molecular complexity index is 1230. The van der Waals surface area contributed by atoms with Gasteiger partial charge in [0.25, 0.3) is 0 Å². The van der Waals surface area contributed by atoms with Crippen molar-refractivity contribution in [1.82, 2.24) is 24.8 Å². The van der Waals surface area contributed by atoms with E-state index in [2.05, 4.69) is 20.3 Å². The molecule has 0 aliphatic carbocycles. The molecule has 4 heterocycles. The molecule has 1 aliphatic heterocycles. The lowest BCUT2D eigenvalue weighted by Crippen LogP contribution is -2.41. The van der Waals surface area contributed by atoms with Crippen LogP contribution in [0, 0.1) is 13.8 Å². The number of urea groups is 2. The van der Waals surface area contributed by atoms with Gasteiger partial charge in [-0.1, -0.05) is 0 Å². The maximum Gasteiger partial charge on any atom is 0.406 e. The van der Waals surface area contributed by atoms with E-state index in [1.165, 1.54) is 17.4 Å². The summed E-state index contributed by atoms with van der Waals surface area (Å²) in [6.45, 7) is 1.83. The van der Waals surface area contributed by atoms with E-state index in [-0.39, 0.29) is 18.9 Å². The highest BCUT2D eigenvalue weighted by Gasteiger charge is 2.40.